The second kappa shape index (κ2) is 5.06. The Hall–Kier alpha value is -1.74. The van der Waals surface area contributed by atoms with E-state index in [0.717, 1.165) is 11.1 Å². The van der Waals surface area contributed by atoms with Gasteiger partial charge in [0.05, 0.1) is 0 Å². The van der Waals surface area contributed by atoms with Crippen molar-refractivity contribution in [2.24, 2.45) is 5.73 Å². The molecule has 0 aliphatic heterocycles. The molecule has 0 heterocycles. The molecule has 0 unspecified atom stereocenters. The van der Waals surface area contributed by atoms with Gasteiger partial charge in [-0.15, -0.1) is 0 Å². The number of hydrogen-bond donors (Lipinski definition) is 1. The third-order valence-electron chi connectivity index (χ3n) is 2.67. The van der Waals surface area contributed by atoms with Crippen LogP contribution in [0.4, 0.5) is 8.78 Å². The van der Waals surface area contributed by atoms with Crippen LogP contribution in [0.5, 0.6) is 0 Å². The first-order valence-electron chi connectivity index (χ1n) is 5.40. The van der Waals surface area contributed by atoms with Crippen molar-refractivity contribution in [1.82, 2.24) is 0 Å². The van der Waals surface area contributed by atoms with Crippen molar-refractivity contribution in [2.75, 3.05) is 0 Å². The minimum atomic E-state index is -0.275. The average Bonchev–Trinajstić information content (AvgIpc) is 2.33. The molecule has 0 aliphatic carbocycles. The number of nitrogens with two attached hydrogens (primary N) is 1. The lowest BCUT2D eigenvalue weighted by atomic mass is 10.00. The van der Waals surface area contributed by atoms with Crippen LogP contribution >= 0.6 is 0 Å². The molecular weight excluding hydrogens is 220 g/mol. The van der Waals surface area contributed by atoms with Crippen LogP contribution in [0.1, 0.15) is 17.2 Å². The van der Waals surface area contributed by atoms with Crippen molar-refractivity contribution >= 4 is 0 Å². The molecule has 88 valence electrons. The fraction of sp³-hybridized carbons (Fsp3) is 0.143. The van der Waals surface area contributed by atoms with Gasteiger partial charge >= 0.3 is 0 Å². The van der Waals surface area contributed by atoms with Crippen LogP contribution in [-0.2, 0) is 6.42 Å². The van der Waals surface area contributed by atoms with E-state index in [4.69, 9.17) is 5.73 Å². The average molecular weight is 233 g/mol. The fourth-order valence-corrected chi connectivity index (χ4v) is 1.70. The summed E-state index contributed by atoms with van der Waals surface area (Å²) >= 11 is 0. The number of hydrogen-bond acceptors (Lipinski definition) is 1. The molecule has 0 aliphatic rings. The minimum Gasteiger partial charge on any atom is -0.324 e. The number of rotatable bonds is 3. The van der Waals surface area contributed by atoms with Gasteiger partial charge in [0.15, 0.2) is 0 Å². The second-order valence-corrected chi connectivity index (χ2v) is 3.99. The van der Waals surface area contributed by atoms with Crippen LogP contribution in [0.15, 0.2) is 48.5 Å². The molecule has 0 fully saturated rings. The summed E-state index contributed by atoms with van der Waals surface area (Å²) in [4.78, 5) is 0. The molecule has 2 N–H and O–H groups in total. The van der Waals surface area contributed by atoms with Crippen LogP contribution in [-0.4, -0.2) is 0 Å². The molecule has 17 heavy (non-hydrogen) atoms. The molecule has 1 nitrogen and oxygen atoms in total. The smallest absolute Gasteiger partial charge is 0.123 e. The van der Waals surface area contributed by atoms with Gasteiger partial charge in [-0.2, -0.15) is 0 Å². The molecule has 2 aromatic rings. The Kier molecular flexibility index (Phi) is 3.49. The minimum absolute atomic E-state index is 0.207. The van der Waals surface area contributed by atoms with E-state index in [1.54, 1.807) is 24.3 Å². The molecule has 0 saturated heterocycles. The molecule has 0 bridgehead atoms. The van der Waals surface area contributed by atoms with Crippen molar-refractivity contribution in [3.8, 4) is 0 Å². The summed E-state index contributed by atoms with van der Waals surface area (Å²) in [5.74, 6) is -0.535. The highest BCUT2D eigenvalue weighted by Crippen LogP contribution is 2.16. The Morgan fingerprint density at radius 2 is 1.29 bits per heavy atom. The molecule has 0 radical (unpaired) electrons. The van der Waals surface area contributed by atoms with E-state index in [2.05, 4.69) is 0 Å². The molecule has 0 saturated carbocycles. The first kappa shape index (κ1) is 11.7. The molecule has 3 heteroatoms. The molecule has 0 spiro atoms. The Morgan fingerprint density at radius 1 is 0.824 bits per heavy atom. The Balaban J connectivity index is 2.08. The quantitative estimate of drug-likeness (QED) is 0.865. The van der Waals surface area contributed by atoms with Gasteiger partial charge in [0.1, 0.15) is 11.6 Å². The van der Waals surface area contributed by atoms with Gasteiger partial charge in [0.25, 0.3) is 0 Å². The van der Waals surface area contributed by atoms with Crippen LogP contribution in [0, 0.1) is 11.6 Å². The van der Waals surface area contributed by atoms with Crippen molar-refractivity contribution in [3.63, 3.8) is 0 Å². The zero-order chi connectivity index (χ0) is 12.3. The monoisotopic (exact) mass is 233 g/mol. The first-order chi connectivity index (χ1) is 8.15. The Morgan fingerprint density at radius 3 is 1.82 bits per heavy atom. The van der Waals surface area contributed by atoms with Gasteiger partial charge in [0, 0.05) is 6.04 Å². The summed E-state index contributed by atoms with van der Waals surface area (Å²) in [6.07, 6.45) is 0.603. The Labute approximate surface area is 98.9 Å². The summed E-state index contributed by atoms with van der Waals surface area (Å²) in [7, 11) is 0. The second-order valence-electron chi connectivity index (χ2n) is 3.99. The first-order valence-corrected chi connectivity index (χ1v) is 5.40. The number of halogens is 2. The van der Waals surface area contributed by atoms with Crippen molar-refractivity contribution < 1.29 is 8.78 Å². The van der Waals surface area contributed by atoms with E-state index in [1.807, 2.05) is 0 Å². The zero-order valence-electron chi connectivity index (χ0n) is 9.24. The highest BCUT2D eigenvalue weighted by Gasteiger charge is 2.07. The van der Waals surface area contributed by atoms with E-state index < -0.39 is 0 Å². The van der Waals surface area contributed by atoms with E-state index in [0.29, 0.717) is 6.42 Å². The van der Waals surface area contributed by atoms with Gasteiger partial charge in [-0.05, 0) is 41.8 Å². The summed E-state index contributed by atoms with van der Waals surface area (Å²) in [6.45, 7) is 0. The van der Waals surface area contributed by atoms with Gasteiger partial charge in [-0.25, -0.2) is 8.78 Å². The van der Waals surface area contributed by atoms with Gasteiger partial charge in [-0.1, -0.05) is 24.3 Å². The maximum Gasteiger partial charge on any atom is 0.123 e. The third-order valence-corrected chi connectivity index (χ3v) is 2.67. The molecule has 0 amide bonds. The predicted molar refractivity (Wildman–Crippen MR) is 63.4 cm³/mol. The van der Waals surface area contributed by atoms with Crippen LogP contribution in [0.2, 0.25) is 0 Å². The normalized spacial score (nSPS) is 12.4. The lowest BCUT2D eigenvalue weighted by molar-refractivity contribution is 0.622. The highest BCUT2D eigenvalue weighted by molar-refractivity contribution is 5.24. The van der Waals surface area contributed by atoms with Crippen molar-refractivity contribution in [3.05, 3.63) is 71.3 Å². The molecular formula is C14H13F2N. The van der Waals surface area contributed by atoms with Gasteiger partial charge < -0.3 is 5.73 Å². The standard InChI is InChI=1S/C14H13F2N/c15-12-5-1-10(2-6-12)9-14(17)11-3-7-13(16)8-4-11/h1-8,14H,9,17H2/t14-/m1/s1. The SMILES string of the molecule is N[C@H](Cc1ccc(F)cc1)c1ccc(F)cc1. The van der Waals surface area contributed by atoms with Crippen LogP contribution in [0.25, 0.3) is 0 Å². The van der Waals surface area contributed by atoms with E-state index in [1.165, 1.54) is 24.3 Å². The van der Waals surface area contributed by atoms with E-state index in [9.17, 15) is 8.78 Å². The lowest BCUT2D eigenvalue weighted by Crippen LogP contribution is -2.13. The van der Waals surface area contributed by atoms with Gasteiger partial charge in [-0.3, -0.25) is 0 Å². The maximum absolute atomic E-state index is 12.7. The summed E-state index contributed by atoms with van der Waals surface area (Å²) < 4.78 is 25.5. The summed E-state index contributed by atoms with van der Waals surface area (Å²) in [5.41, 5.74) is 7.83. The van der Waals surface area contributed by atoms with Crippen molar-refractivity contribution in [2.45, 2.75) is 12.5 Å². The lowest BCUT2D eigenvalue weighted by Gasteiger charge is -2.12. The molecule has 2 aromatic carbocycles. The molecule has 0 aromatic heterocycles. The van der Waals surface area contributed by atoms with E-state index >= 15 is 0 Å². The maximum atomic E-state index is 12.7. The van der Waals surface area contributed by atoms with Crippen LogP contribution in [0.3, 0.4) is 0 Å². The highest BCUT2D eigenvalue weighted by atomic mass is 19.1. The predicted octanol–water partition coefficient (Wildman–Crippen LogP) is 3.21. The fourth-order valence-electron chi connectivity index (χ4n) is 1.70. The zero-order valence-corrected chi connectivity index (χ0v) is 9.24. The number of benzene rings is 2. The van der Waals surface area contributed by atoms with Gasteiger partial charge in [0.2, 0.25) is 0 Å². The summed E-state index contributed by atoms with van der Waals surface area (Å²) in [5, 5.41) is 0. The molecule has 2 rings (SSSR count). The third kappa shape index (κ3) is 3.11. The van der Waals surface area contributed by atoms with Crippen molar-refractivity contribution in [1.29, 1.82) is 0 Å². The topological polar surface area (TPSA) is 26.0 Å². The Bertz CT molecular complexity index is 477. The van der Waals surface area contributed by atoms with Crippen LogP contribution < -0.4 is 5.73 Å². The largest absolute Gasteiger partial charge is 0.324 e. The molecule has 1 atom stereocenters. The van der Waals surface area contributed by atoms with E-state index in [-0.39, 0.29) is 17.7 Å². The summed E-state index contributed by atoms with van der Waals surface area (Å²) in [6, 6.07) is 12.1.